The Morgan fingerprint density at radius 1 is 1.30 bits per heavy atom. The highest BCUT2D eigenvalue weighted by Crippen LogP contribution is 2.44. The zero-order chi connectivity index (χ0) is 18.0. The van der Waals surface area contributed by atoms with E-state index in [-0.39, 0.29) is 29.6 Å². The number of ether oxygens (including phenoxy) is 2. The Balaban J connectivity index is 3.02. The van der Waals surface area contributed by atoms with E-state index in [9.17, 15) is 9.90 Å². The first-order valence-electron chi connectivity index (χ1n) is 8.68. The van der Waals surface area contributed by atoms with Gasteiger partial charge in [0.25, 0.3) is 0 Å². The number of ketones is 1. The van der Waals surface area contributed by atoms with E-state index < -0.39 is 17.5 Å². The third-order valence-corrected chi connectivity index (χ3v) is 5.03. The van der Waals surface area contributed by atoms with Gasteiger partial charge in [-0.05, 0) is 27.2 Å². The lowest BCUT2D eigenvalue weighted by atomic mass is 9.77. The third-order valence-electron chi connectivity index (χ3n) is 5.03. The molecule has 0 unspecified atom stereocenters. The number of rotatable bonds is 8. The maximum Gasteiger partial charge on any atom is 0.164 e. The van der Waals surface area contributed by atoms with Crippen LogP contribution in [0.25, 0.3) is 0 Å². The molecule has 23 heavy (non-hydrogen) atoms. The zero-order valence-corrected chi connectivity index (χ0v) is 15.8. The average molecular weight is 326 g/mol. The van der Waals surface area contributed by atoms with Crippen molar-refractivity contribution in [1.29, 1.82) is 0 Å². The molecule has 1 aliphatic heterocycles. The molecule has 1 heterocycles. The van der Waals surface area contributed by atoms with Gasteiger partial charge in [-0.2, -0.15) is 0 Å². The Morgan fingerprint density at radius 2 is 1.87 bits per heavy atom. The molecule has 0 aliphatic carbocycles. The van der Waals surface area contributed by atoms with Gasteiger partial charge in [0.2, 0.25) is 0 Å². The molecule has 1 fully saturated rings. The van der Waals surface area contributed by atoms with Gasteiger partial charge in [0, 0.05) is 24.2 Å². The summed E-state index contributed by atoms with van der Waals surface area (Å²) in [6.07, 6.45) is 2.03. The molecule has 1 saturated heterocycles. The fraction of sp³-hybridized carbons (Fsp3) is 0.842. The number of aliphatic hydroxyl groups excluding tert-OH is 1. The van der Waals surface area contributed by atoms with E-state index in [1.54, 1.807) is 6.08 Å². The predicted molar refractivity (Wildman–Crippen MR) is 92.1 cm³/mol. The molecular weight excluding hydrogens is 292 g/mol. The summed E-state index contributed by atoms with van der Waals surface area (Å²) in [6.45, 7) is 17.3. The summed E-state index contributed by atoms with van der Waals surface area (Å²) in [6, 6.07) is 0. The highest BCUT2D eigenvalue weighted by molar-refractivity contribution is 5.80. The minimum atomic E-state index is -0.722. The summed E-state index contributed by atoms with van der Waals surface area (Å²) in [5.41, 5.74) is -0.602. The monoisotopic (exact) mass is 326 g/mol. The van der Waals surface area contributed by atoms with E-state index in [1.165, 1.54) is 0 Å². The Hall–Kier alpha value is -0.710. The van der Waals surface area contributed by atoms with Gasteiger partial charge in [0.1, 0.15) is 5.78 Å². The van der Waals surface area contributed by atoms with Crippen molar-refractivity contribution < 1.29 is 19.4 Å². The second-order valence-corrected chi connectivity index (χ2v) is 7.72. The van der Waals surface area contributed by atoms with Crippen LogP contribution in [0.2, 0.25) is 0 Å². The van der Waals surface area contributed by atoms with Crippen LogP contribution in [0, 0.1) is 17.8 Å². The lowest BCUT2D eigenvalue weighted by molar-refractivity contribution is -0.166. The van der Waals surface area contributed by atoms with Crippen molar-refractivity contribution in [3.05, 3.63) is 12.7 Å². The number of Topliss-reactive ketones (excluding diaryl/α,β-unsaturated/α-hetero) is 1. The summed E-state index contributed by atoms with van der Waals surface area (Å²) < 4.78 is 12.3. The molecule has 134 valence electrons. The van der Waals surface area contributed by atoms with Crippen molar-refractivity contribution in [3.63, 3.8) is 0 Å². The van der Waals surface area contributed by atoms with E-state index in [1.807, 2.05) is 48.5 Å². The highest BCUT2D eigenvalue weighted by Gasteiger charge is 2.54. The summed E-state index contributed by atoms with van der Waals surface area (Å²) in [7, 11) is 0. The van der Waals surface area contributed by atoms with Gasteiger partial charge in [0.15, 0.2) is 5.79 Å². The first-order valence-corrected chi connectivity index (χ1v) is 8.68. The Labute approximate surface area is 141 Å². The van der Waals surface area contributed by atoms with E-state index in [4.69, 9.17) is 9.47 Å². The van der Waals surface area contributed by atoms with Crippen molar-refractivity contribution in [3.8, 4) is 0 Å². The van der Waals surface area contributed by atoms with Gasteiger partial charge in [-0.3, -0.25) is 4.79 Å². The Morgan fingerprint density at radius 3 is 2.35 bits per heavy atom. The Kier molecular flexibility index (Phi) is 6.59. The van der Waals surface area contributed by atoms with Crippen LogP contribution in [0.15, 0.2) is 12.7 Å². The predicted octanol–water partition coefficient (Wildman–Crippen LogP) is 3.72. The molecule has 0 spiro atoms. The molecule has 0 saturated carbocycles. The molecule has 1 aliphatic rings. The van der Waals surface area contributed by atoms with E-state index in [0.29, 0.717) is 12.8 Å². The maximum absolute atomic E-state index is 12.0. The molecule has 6 atom stereocenters. The first kappa shape index (κ1) is 20.3. The largest absolute Gasteiger partial charge is 0.392 e. The lowest BCUT2D eigenvalue weighted by Crippen LogP contribution is -2.47. The number of hydrogen-bond donors (Lipinski definition) is 1. The minimum absolute atomic E-state index is 0.0312. The van der Waals surface area contributed by atoms with E-state index in [2.05, 4.69) is 6.58 Å². The van der Waals surface area contributed by atoms with Gasteiger partial charge in [-0.25, -0.2) is 0 Å². The molecule has 1 rings (SSSR count). The van der Waals surface area contributed by atoms with E-state index >= 15 is 0 Å². The van der Waals surface area contributed by atoms with Crippen LogP contribution in [0.3, 0.4) is 0 Å². The second-order valence-electron chi connectivity index (χ2n) is 7.72. The van der Waals surface area contributed by atoms with Crippen molar-refractivity contribution in [2.45, 2.75) is 84.9 Å². The van der Waals surface area contributed by atoms with Crippen LogP contribution >= 0.6 is 0 Å². The molecule has 1 N–H and O–H groups in total. The highest BCUT2D eigenvalue weighted by atomic mass is 16.8. The zero-order valence-electron chi connectivity index (χ0n) is 15.8. The van der Waals surface area contributed by atoms with Gasteiger partial charge in [0.05, 0.1) is 17.8 Å². The molecule has 4 nitrogen and oxygen atoms in total. The fourth-order valence-electron chi connectivity index (χ4n) is 3.76. The molecule has 0 amide bonds. The average Bonchev–Trinajstić information content (AvgIpc) is 2.72. The normalized spacial score (nSPS) is 32.1. The van der Waals surface area contributed by atoms with Crippen LogP contribution in [0.4, 0.5) is 0 Å². The van der Waals surface area contributed by atoms with Crippen LogP contribution in [-0.2, 0) is 14.3 Å². The van der Waals surface area contributed by atoms with Crippen LogP contribution < -0.4 is 0 Å². The molecule has 0 aromatic heterocycles. The number of carbonyl (C=O) groups is 1. The van der Waals surface area contributed by atoms with Gasteiger partial charge < -0.3 is 14.6 Å². The van der Waals surface area contributed by atoms with Gasteiger partial charge in [-0.1, -0.05) is 33.8 Å². The summed E-state index contributed by atoms with van der Waals surface area (Å²) >= 11 is 0. The molecule has 0 radical (unpaired) electrons. The molecule has 0 aromatic rings. The molecule has 4 heteroatoms. The number of carbonyl (C=O) groups excluding carboxylic acids is 1. The van der Waals surface area contributed by atoms with Crippen LogP contribution in [0.5, 0.6) is 0 Å². The summed E-state index contributed by atoms with van der Waals surface area (Å²) in [4.78, 5) is 12.0. The van der Waals surface area contributed by atoms with Gasteiger partial charge >= 0.3 is 0 Å². The maximum atomic E-state index is 12.0. The SMILES string of the molecule is C=C[C@H](C)[C@@H](O)[C@H](C)[C@H]1OC(C)(C)O[C@]1(C)C[C@@H](C)C(=O)CC. The van der Waals surface area contributed by atoms with E-state index in [0.717, 1.165) is 0 Å². The molecular formula is C19H34O4. The molecule has 0 aromatic carbocycles. The third kappa shape index (κ3) is 4.65. The minimum Gasteiger partial charge on any atom is -0.392 e. The molecule has 0 bridgehead atoms. The second kappa shape index (κ2) is 7.45. The smallest absolute Gasteiger partial charge is 0.164 e. The summed E-state index contributed by atoms with van der Waals surface area (Å²) in [5.74, 6) is -0.744. The number of aliphatic hydroxyl groups is 1. The summed E-state index contributed by atoms with van der Waals surface area (Å²) in [5, 5.41) is 10.6. The van der Waals surface area contributed by atoms with Crippen molar-refractivity contribution in [2.24, 2.45) is 17.8 Å². The van der Waals surface area contributed by atoms with Crippen molar-refractivity contribution in [2.75, 3.05) is 0 Å². The van der Waals surface area contributed by atoms with Crippen molar-refractivity contribution >= 4 is 5.78 Å². The van der Waals surface area contributed by atoms with Crippen molar-refractivity contribution in [1.82, 2.24) is 0 Å². The number of hydrogen-bond acceptors (Lipinski definition) is 4. The van der Waals surface area contributed by atoms with Crippen LogP contribution in [0.1, 0.15) is 61.3 Å². The fourth-order valence-corrected chi connectivity index (χ4v) is 3.76. The Bertz CT molecular complexity index is 431. The topological polar surface area (TPSA) is 55.8 Å². The lowest BCUT2D eigenvalue weighted by Gasteiger charge is -2.36. The van der Waals surface area contributed by atoms with Gasteiger partial charge in [-0.15, -0.1) is 6.58 Å². The standard InChI is InChI=1S/C19H34O4/c1-9-12(3)16(21)14(5)17-19(8,23-18(6,7)22-17)11-13(4)15(20)10-2/h9,12-14,16-17,21H,1,10-11H2,2-8H3/t12-,13+,14-,16+,17+,19+/m0/s1. The van der Waals surface area contributed by atoms with Crippen LogP contribution in [-0.4, -0.2) is 34.5 Å². The quantitative estimate of drug-likeness (QED) is 0.691. The first-order chi connectivity index (χ1) is 10.5.